The van der Waals surface area contributed by atoms with E-state index in [-0.39, 0.29) is 12.4 Å². The van der Waals surface area contributed by atoms with Crippen LogP contribution in [0.4, 0.5) is 0 Å². The molecule has 0 N–H and O–H groups in total. The van der Waals surface area contributed by atoms with Crippen molar-refractivity contribution in [1.29, 1.82) is 0 Å². The lowest BCUT2D eigenvalue weighted by Crippen LogP contribution is -2.20. The van der Waals surface area contributed by atoms with E-state index in [0.717, 1.165) is 5.56 Å². The molecule has 0 bridgehead atoms. The maximum atomic E-state index is 13.0. The van der Waals surface area contributed by atoms with Crippen LogP contribution in [0.5, 0.6) is 17.2 Å². The average molecular weight is 361 g/mol. The van der Waals surface area contributed by atoms with Crippen LogP contribution in [0.3, 0.4) is 0 Å². The molecule has 134 valence electrons. The van der Waals surface area contributed by atoms with Gasteiger partial charge in [-0.25, -0.2) is 4.98 Å². The zero-order chi connectivity index (χ0) is 18.4. The molecule has 5 rings (SSSR count). The van der Waals surface area contributed by atoms with Gasteiger partial charge in [0.25, 0.3) is 5.56 Å². The summed E-state index contributed by atoms with van der Waals surface area (Å²) < 4.78 is 19.4. The molecule has 27 heavy (non-hydrogen) atoms. The van der Waals surface area contributed by atoms with Crippen LogP contribution in [0.25, 0.3) is 22.6 Å². The fourth-order valence-corrected chi connectivity index (χ4v) is 3.19. The van der Waals surface area contributed by atoms with Gasteiger partial charge >= 0.3 is 0 Å². The first-order chi connectivity index (χ1) is 13.2. The monoisotopic (exact) mass is 361 g/mol. The zero-order valence-corrected chi connectivity index (χ0v) is 14.5. The van der Waals surface area contributed by atoms with Crippen molar-refractivity contribution in [2.75, 3.05) is 13.9 Å². The van der Waals surface area contributed by atoms with Crippen molar-refractivity contribution in [2.45, 2.75) is 0 Å². The number of aromatic nitrogens is 3. The van der Waals surface area contributed by atoms with Crippen LogP contribution in [-0.2, 0) is 0 Å². The summed E-state index contributed by atoms with van der Waals surface area (Å²) in [6, 6.07) is 13.0. The Morgan fingerprint density at radius 3 is 2.81 bits per heavy atom. The normalized spacial score (nSPS) is 12.5. The third kappa shape index (κ3) is 2.43. The minimum Gasteiger partial charge on any atom is -0.495 e. The fourth-order valence-electron chi connectivity index (χ4n) is 3.19. The van der Waals surface area contributed by atoms with E-state index < -0.39 is 0 Å². The van der Waals surface area contributed by atoms with E-state index in [0.29, 0.717) is 34.3 Å². The second-order valence-corrected chi connectivity index (χ2v) is 6.07. The summed E-state index contributed by atoms with van der Waals surface area (Å²) in [5.41, 5.74) is 2.31. The predicted molar refractivity (Wildman–Crippen MR) is 98.9 cm³/mol. The minimum atomic E-state index is -0.228. The smallest absolute Gasteiger partial charge is 0.298 e. The number of benzene rings is 2. The Balaban J connectivity index is 1.65. The maximum absolute atomic E-state index is 13.0. The molecule has 1 aliphatic heterocycles. The predicted octanol–water partition coefficient (Wildman–Crippen LogP) is 2.89. The SMILES string of the molecule is COc1ccccc1-n1ccn2cc(-c3ccc4c(c3)OCO4)nc2c1=O. The molecule has 3 heterocycles. The minimum absolute atomic E-state index is 0.216. The number of methoxy groups -OCH3 is 1. The van der Waals surface area contributed by atoms with E-state index in [9.17, 15) is 4.79 Å². The van der Waals surface area contributed by atoms with Crippen molar-refractivity contribution in [2.24, 2.45) is 0 Å². The lowest BCUT2D eigenvalue weighted by molar-refractivity contribution is 0.174. The summed E-state index contributed by atoms with van der Waals surface area (Å²) in [5, 5.41) is 0. The molecule has 4 aromatic rings. The van der Waals surface area contributed by atoms with Crippen LogP contribution < -0.4 is 19.8 Å². The van der Waals surface area contributed by atoms with Crippen molar-refractivity contribution in [3.63, 3.8) is 0 Å². The van der Waals surface area contributed by atoms with Gasteiger partial charge < -0.3 is 18.6 Å². The van der Waals surface area contributed by atoms with E-state index in [1.165, 1.54) is 4.57 Å². The molecule has 1 aliphatic rings. The number of hydrogen-bond acceptors (Lipinski definition) is 5. The summed E-state index contributed by atoms with van der Waals surface area (Å²) in [4.78, 5) is 17.6. The second-order valence-electron chi connectivity index (χ2n) is 6.07. The standard InChI is InChI=1S/C20H15N3O4/c1-25-16-5-3-2-4-15(16)23-9-8-22-11-14(21-19(22)20(23)24)13-6-7-17-18(10-13)27-12-26-17/h2-11H,12H2,1H3. The van der Waals surface area contributed by atoms with Crippen LogP contribution in [0.15, 0.2) is 65.8 Å². The topological polar surface area (TPSA) is 67.0 Å². The van der Waals surface area contributed by atoms with Crippen LogP contribution in [0.2, 0.25) is 0 Å². The summed E-state index contributed by atoms with van der Waals surface area (Å²) in [6.07, 6.45) is 5.33. The number of hydrogen-bond donors (Lipinski definition) is 0. The van der Waals surface area contributed by atoms with Gasteiger partial charge in [-0.3, -0.25) is 9.36 Å². The van der Waals surface area contributed by atoms with Crippen molar-refractivity contribution >= 4 is 5.65 Å². The molecule has 0 aliphatic carbocycles. The van der Waals surface area contributed by atoms with Gasteiger partial charge in [-0.05, 0) is 30.3 Å². The Labute approximate surface area is 154 Å². The molecule has 0 saturated heterocycles. The molecule has 7 nitrogen and oxygen atoms in total. The van der Waals surface area contributed by atoms with E-state index in [1.54, 1.807) is 23.9 Å². The largest absolute Gasteiger partial charge is 0.495 e. The van der Waals surface area contributed by atoms with E-state index >= 15 is 0 Å². The van der Waals surface area contributed by atoms with E-state index in [2.05, 4.69) is 4.98 Å². The Hall–Kier alpha value is -3.74. The zero-order valence-electron chi connectivity index (χ0n) is 14.5. The molecule has 0 atom stereocenters. The highest BCUT2D eigenvalue weighted by atomic mass is 16.7. The third-order valence-electron chi connectivity index (χ3n) is 4.53. The van der Waals surface area contributed by atoms with Crippen molar-refractivity contribution in [3.8, 4) is 34.2 Å². The number of imidazole rings is 1. The molecule has 0 saturated carbocycles. The summed E-state index contributed by atoms with van der Waals surface area (Å²) >= 11 is 0. The molecule has 0 unspecified atom stereocenters. The number of para-hydroxylation sites is 2. The molecule has 0 amide bonds. The molecule has 2 aromatic carbocycles. The van der Waals surface area contributed by atoms with Gasteiger partial charge in [0, 0.05) is 24.2 Å². The van der Waals surface area contributed by atoms with Crippen LogP contribution in [-0.4, -0.2) is 27.9 Å². The lowest BCUT2D eigenvalue weighted by atomic mass is 10.1. The number of nitrogens with zero attached hydrogens (tertiary/aromatic N) is 3. The highest BCUT2D eigenvalue weighted by Crippen LogP contribution is 2.35. The first-order valence-corrected chi connectivity index (χ1v) is 8.38. The second kappa shape index (κ2) is 5.91. The van der Waals surface area contributed by atoms with E-state index in [4.69, 9.17) is 14.2 Å². The quantitative estimate of drug-likeness (QED) is 0.561. The van der Waals surface area contributed by atoms with Crippen molar-refractivity contribution < 1.29 is 14.2 Å². The number of ether oxygens (including phenoxy) is 3. The Kier molecular flexibility index (Phi) is 3.39. The van der Waals surface area contributed by atoms with Gasteiger partial charge in [-0.2, -0.15) is 0 Å². The maximum Gasteiger partial charge on any atom is 0.298 e. The molecule has 0 radical (unpaired) electrons. The molecule has 7 heteroatoms. The Bertz CT molecular complexity index is 1230. The summed E-state index contributed by atoms with van der Waals surface area (Å²) in [7, 11) is 1.58. The lowest BCUT2D eigenvalue weighted by Gasteiger charge is -2.10. The van der Waals surface area contributed by atoms with Gasteiger partial charge in [0.05, 0.1) is 18.5 Å². The molecular weight excluding hydrogens is 346 g/mol. The number of fused-ring (bicyclic) bond motifs is 2. The van der Waals surface area contributed by atoms with Crippen LogP contribution in [0, 0.1) is 0 Å². The Morgan fingerprint density at radius 2 is 1.93 bits per heavy atom. The first kappa shape index (κ1) is 15.5. The highest BCUT2D eigenvalue weighted by molar-refractivity contribution is 5.66. The van der Waals surface area contributed by atoms with Gasteiger partial charge in [0.2, 0.25) is 12.4 Å². The molecular formula is C20H15N3O4. The van der Waals surface area contributed by atoms with Crippen LogP contribution >= 0.6 is 0 Å². The third-order valence-corrected chi connectivity index (χ3v) is 4.53. The van der Waals surface area contributed by atoms with E-state index in [1.807, 2.05) is 48.7 Å². The summed E-state index contributed by atoms with van der Waals surface area (Å²) in [5.74, 6) is 2.00. The van der Waals surface area contributed by atoms with Gasteiger partial charge in [-0.1, -0.05) is 12.1 Å². The molecule has 2 aromatic heterocycles. The summed E-state index contributed by atoms with van der Waals surface area (Å²) in [6.45, 7) is 0.216. The van der Waals surface area contributed by atoms with Crippen molar-refractivity contribution in [3.05, 3.63) is 71.4 Å². The first-order valence-electron chi connectivity index (χ1n) is 8.38. The molecule has 0 spiro atoms. The number of rotatable bonds is 3. The fraction of sp³-hybridized carbons (Fsp3) is 0.100. The van der Waals surface area contributed by atoms with Crippen molar-refractivity contribution in [1.82, 2.24) is 14.0 Å². The van der Waals surface area contributed by atoms with Gasteiger partial charge in [-0.15, -0.1) is 0 Å². The molecule has 0 fully saturated rings. The van der Waals surface area contributed by atoms with Crippen LogP contribution in [0.1, 0.15) is 0 Å². The average Bonchev–Trinajstić information content (AvgIpc) is 3.35. The Morgan fingerprint density at radius 1 is 1.07 bits per heavy atom. The van der Waals surface area contributed by atoms with Gasteiger partial charge in [0.15, 0.2) is 11.5 Å². The highest BCUT2D eigenvalue weighted by Gasteiger charge is 2.16. The van der Waals surface area contributed by atoms with Gasteiger partial charge in [0.1, 0.15) is 5.75 Å².